The summed E-state index contributed by atoms with van der Waals surface area (Å²) >= 11 is 0. The van der Waals surface area contributed by atoms with E-state index in [0.29, 0.717) is 13.1 Å². The Bertz CT molecular complexity index is 219. The number of carbonyl (C=O) groups is 1. The highest BCUT2D eigenvalue weighted by Crippen LogP contribution is 2.21. The van der Waals surface area contributed by atoms with Gasteiger partial charge in [-0.25, -0.2) is 0 Å². The fourth-order valence-corrected chi connectivity index (χ4v) is 2.09. The van der Waals surface area contributed by atoms with Crippen molar-refractivity contribution in [2.24, 2.45) is 11.8 Å². The van der Waals surface area contributed by atoms with Crippen molar-refractivity contribution in [3.63, 3.8) is 0 Å². The largest absolute Gasteiger partial charge is 0.393 e. The first-order valence-corrected chi connectivity index (χ1v) is 5.67. The summed E-state index contributed by atoms with van der Waals surface area (Å²) in [6.45, 7) is 5.96. The molecule has 0 radical (unpaired) electrons. The molecule has 1 aliphatic heterocycles. The second-order valence-electron chi connectivity index (χ2n) is 4.53. The van der Waals surface area contributed by atoms with Crippen molar-refractivity contribution >= 4 is 5.91 Å². The molecule has 1 aliphatic rings. The highest BCUT2D eigenvalue weighted by Gasteiger charge is 2.30. The van der Waals surface area contributed by atoms with Gasteiger partial charge in [0.05, 0.1) is 6.10 Å². The molecule has 0 spiro atoms. The zero-order valence-corrected chi connectivity index (χ0v) is 9.86. The normalized spacial score (nSPS) is 25.3. The second kappa shape index (κ2) is 5.47. The number of carbonyl (C=O) groups excluding carboxylic acids is 1. The van der Waals surface area contributed by atoms with Gasteiger partial charge in [-0.3, -0.25) is 4.79 Å². The van der Waals surface area contributed by atoms with E-state index in [9.17, 15) is 9.90 Å². The zero-order valence-electron chi connectivity index (χ0n) is 9.86. The van der Waals surface area contributed by atoms with Gasteiger partial charge < -0.3 is 15.3 Å². The topological polar surface area (TPSA) is 52.6 Å². The summed E-state index contributed by atoms with van der Waals surface area (Å²) in [6.07, 6.45) is 0.623. The number of hydrogen-bond donors (Lipinski definition) is 2. The number of likely N-dealkylation sites (tertiary alicyclic amines) is 1. The van der Waals surface area contributed by atoms with E-state index in [1.54, 1.807) is 6.92 Å². The molecule has 0 aliphatic carbocycles. The van der Waals surface area contributed by atoms with Crippen LogP contribution in [0.2, 0.25) is 0 Å². The minimum absolute atomic E-state index is 0.0303. The van der Waals surface area contributed by atoms with Gasteiger partial charge in [0.15, 0.2) is 0 Å². The zero-order chi connectivity index (χ0) is 11.4. The smallest absolute Gasteiger partial charge is 0.226 e. The molecule has 0 aromatic carbocycles. The first-order chi connectivity index (χ1) is 7.06. The van der Waals surface area contributed by atoms with E-state index in [1.165, 1.54) is 0 Å². The molecule has 3 atom stereocenters. The summed E-state index contributed by atoms with van der Waals surface area (Å²) in [6, 6.07) is 0. The SMILES string of the molecule is CNCC(C)C(=O)N1CCC(C(C)O)C1. The minimum atomic E-state index is -0.303. The predicted molar refractivity (Wildman–Crippen MR) is 59.5 cm³/mol. The third-order valence-corrected chi connectivity index (χ3v) is 3.15. The van der Waals surface area contributed by atoms with Gasteiger partial charge in [0, 0.05) is 31.5 Å². The molecule has 0 bridgehead atoms. The number of amides is 1. The third kappa shape index (κ3) is 3.18. The number of hydrogen-bond acceptors (Lipinski definition) is 3. The molecule has 3 unspecified atom stereocenters. The molecule has 4 nitrogen and oxygen atoms in total. The number of nitrogens with zero attached hydrogens (tertiary/aromatic N) is 1. The van der Waals surface area contributed by atoms with Crippen LogP contribution in [0, 0.1) is 11.8 Å². The van der Waals surface area contributed by atoms with Gasteiger partial charge >= 0.3 is 0 Å². The Morgan fingerprint density at radius 2 is 2.27 bits per heavy atom. The highest BCUT2D eigenvalue weighted by atomic mass is 16.3. The lowest BCUT2D eigenvalue weighted by molar-refractivity contribution is -0.134. The monoisotopic (exact) mass is 214 g/mol. The molecule has 1 heterocycles. The van der Waals surface area contributed by atoms with Crippen LogP contribution >= 0.6 is 0 Å². The Balaban J connectivity index is 2.42. The van der Waals surface area contributed by atoms with Crippen LogP contribution in [0.5, 0.6) is 0 Å². The van der Waals surface area contributed by atoms with E-state index in [-0.39, 0.29) is 23.8 Å². The third-order valence-electron chi connectivity index (χ3n) is 3.15. The van der Waals surface area contributed by atoms with Gasteiger partial charge in [0.2, 0.25) is 5.91 Å². The molecule has 88 valence electrons. The van der Waals surface area contributed by atoms with Crippen LogP contribution in [0.1, 0.15) is 20.3 Å². The Morgan fingerprint density at radius 3 is 2.73 bits per heavy atom. The standard InChI is InChI=1S/C11H22N2O2/c1-8(6-12-3)11(15)13-5-4-10(7-13)9(2)14/h8-10,12,14H,4-7H2,1-3H3. The summed E-state index contributed by atoms with van der Waals surface area (Å²) < 4.78 is 0. The van der Waals surface area contributed by atoms with Crippen LogP contribution in [-0.2, 0) is 4.79 Å². The number of aliphatic hydroxyl groups is 1. The average Bonchev–Trinajstić information content (AvgIpc) is 2.65. The molecule has 0 saturated carbocycles. The van der Waals surface area contributed by atoms with E-state index in [2.05, 4.69) is 5.32 Å². The molecule has 15 heavy (non-hydrogen) atoms. The maximum Gasteiger partial charge on any atom is 0.226 e. The molecular formula is C11H22N2O2. The van der Waals surface area contributed by atoms with E-state index < -0.39 is 0 Å². The van der Waals surface area contributed by atoms with Gasteiger partial charge in [-0.15, -0.1) is 0 Å². The fourth-order valence-electron chi connectivity index (χ4n) is 2.09. The van der Waals surface area contributed by atoms with Crippen LogP contribution in [0.25, 0.3) is 0 Å². The Kier molecular flexibility index (Phi) is 4.54. The summed E-state index contributed by atoms with van der Waals surface area (Å²) in [7, 11) is 1.85. The molecule has 1 fully saturated rings. The lowest BCUT2D eigenvalue weighted by atomic mass is 10.0. The van der Waals surface area contributed by atoms with E-state index in [0.717, 1.165) is 13.0 Å². The Morgan fingerprint density at radius 1 is 1.60 bits per heavy atom. The molecule has 0 aromatic heterocycles. The quantitative estimate of drug-likeness (QED) is 0.696. The number of nitrogens with one attached hydrogen (secondary N) is 1. The van der Waals surface area contributed by atoms with Crippen LogP contribution < -0.4 is 5.32 Å². The van der Waals surface area contributed by atoms with Crippen LogP contribution in [0.4, 0.5) is 0 Å². The van der Waals surface area contributed by atoms with Crippen LogP contribution in [0.15, 0.2) is 0 Å². The van der Waals surface area contributed by atoms with Gasteiger partial charge in [0.1, 0.15) is 0 Å². The van der Waals surface area contributed by atoms with E-state index in [4.69, 9.17) is 0 Å². The summed E-state index contributed by atoms with van der Waals surface area (Å²) in [4.78, 5) is 13.8. The Labute approximate surface area is 91.6 Å². The van der Waals surface area contributed by atoms with Crippen LogP contribution in [0.3, 0.4) is 0 Å². The fraction of sp³-hybridized carbons (Fsp3) is 0.909. The van der Waals surface area contributed by atoms with Crippen LogP contribution in [-0.4, -0.2) is 48.7 Å². The molecule has 1 amide bonds. The van der Waals surface area contributed by atoms with Crippen molar-refractivity contribution in [3.05, 3.63) is 0 Å². The first kappa shape index (κ1) is 12.5. The lowest BCUT2D eigenvalue weighted by Crippen LogP contribution is -2.37. The van der Waals surface area contributed by atoms with Gasteiger partial charge in [-0.2, -0.15) is 0 Å². The molecule has 4 heteroatoms. The van der Waals surface area contributed by atoms with Gasteiger partial charge in [0.25, 0.3) is 0 Å². The van der Waals surface area contributed by atoms with Crippen molar-refractivity contribution in [1.29, 1.82) is 0 Å². The molecule has 0 aromatic rings. The van der Waals surface area contributed by atoms with Gasteiger partial charge in [-0.1, -0.05) is 6.92 Å². The summed E-state index contributed by atoms with van der Waals surface area (Å²) in [5, 5.41) is 12.5. The van der Waals surface area contributed by atoms with Gasteiger partial charge in [-0.05, 0) is 20.4 Å². The van der Waals surface area contributed by atoms with Crippen molar-refractivity contribution < 1.29 is 9.90 Å². The molecule has 1 saturated heterocycles. The van der Waals surface area contributed by atoms with E-state index in [1.807, 2.05) is 18.9 Å². The second-order valence-corrected chi connectivity index (χ2v) is 4.53. The molecule has 2 N–H and O–H groups in total. The number of rotatable bonds is 4. The Hall–Kier alpha value is -0.610. The lowest BCUT2D eigenvalue weighted by Gasteiger charge is -2.21. The van der Waals surface area contributed by atoms with Crippen molar-refractivity contribution in [2.75, 3.05) is 26.7 Å². The van der Waals surface area contributed by atoms with E-state index >= 15 is 0 Å². The maximum absolute atomic E-state index is 11.9. The summed E-state index contributed by atoms with van der Waals surface area (Å²) in [5.41, 5.74) is 0. The maximum atomic E-state index is 11.9. The van der Waals surface area contributed by atoms with Crippen molar-refractivity contribution in [2.45, 2.75) is 26.4 Å². The molecule has 1 rings (SSSR count). The summed E-state index contributed by atoms with van der Waals surface area (Å²) in [5.74, 6) is 0.492. The van der Waals surface area contributed by atoms with Crippen molar-refractivity contribution in [1.82, 2.24) is 10.2 Å². The van der Waals surface area contributed by atoms with Crippen molar-refractivity contribution in [3.8, 4) is 0 Å². The average molecular weight is 214 g/mol. The predicted octanol–water partition coefficient (Wildman–Crippen LogP) is 0.0712. The minimum Gasteiger partial charge on any atom is -0.393 e. The number of aliphatic hydroxyl groups excluding tert-OH is 1. The highest BCUT2D eigenvalue weighted by molar-refractivity contribution is 5.79. The molecular weight excluding hydrogens is 192 g/mol. The first-order valence-electron chi connectivity index (χ1n) is 5.67.